The number of hydrogen-bond donors (Lipinski definition) is 3. The zero-order chi connectivity index (χ0) is 29.9. The second-order valence-electron chi connectivity index (χ2n) is 11.9. The lowest BCUT2D eigenvalue weighted by Gasteiger charge is -2.24. The fourth-order valence-corrected chi connectivity index (χ4v) is 4.43. The van der Waals surface area contributed by atoms with E-state index in [1.807, 2.05) is 18.2 Å². The predicted molar refractivity (Wildman–Crippen MR) is 154 cm³/mol. The summed E-state index contributed by atoms with van der Waals surface area (Å²) in [6, 6.07) is 21.3. The second-order valence-corrected chi connectivity index (χ2v) is 11.9. The van der Waals surface area contributed by atoms with Crippen molar-refractivity contribution in [2.24, 2.45) is 0 Å². The van der Waals surface area contributed by atoms with E-state index in [4.69, 9.17) is 0 Å². The molecule has 0 heterocycles. The maximum Gasteiger partial charge on any atom is 0.193 e. The zero-order valence-corrected chi connectivity index (χ0v) is 24.1. The lowest BCUT2D eigenvalue weighted by atomic mass is 9.94. The van der Waals surface area contributed by atoms with E-state index in [1.165, 1.54) is 41.5 Å². The van der Waals surface area contributed by atoms with Crippen LogP contribution in [0.4, 0.5) is 0 Å². The lowest BCUT2D eigenvalue weighted by Crippen LogP contribution is -2.31. The van der Waals surface area contributed by atoms with Gasteiger partial charge >= 0.3 is 0 Å². The highest BCUT2D eigenvalue weighted by Crippen LogP contribution is 2.21. The fourth-order valence-electron chi connectivity index (χ4n) is 4.43. The van der Waals surface area contributed by atoms with E-state index in [2.05, 4.69) is 4.90 Å². The van der Waals surface area contributed by atoms with Gasteiger partial charge in [0.25, 0.3) is 0 Å². The maximum atomic E-state index is 12.7. The average Bonchev–Trinajstić information content (AvgIpc) is 2.86. The molecule has 40 heavy (non-hydrogen) atoms. The standard InChI is InChI=1S/C33H39NO6/c1-31(2,38)28(35)25-13-7-10-22(16-25)19-34(20-23-11-8-14-26(17-23)29(36)32(3,4)39)21-24-12-9-15-27(18-24)30(37)33(5,6)40/h7-18,38-40H,19-21H2,1-6H3. The Balaban J connectivity index is 1.96. The van der Waals surface area contributed by atoms with Crippen molar-refractivity contribution in [3.63, 3.8) is 0 Å². The van der Waals surface area contributed by atoms with Gasteiger partial charge in [0, 0.05) is 36.3 Å². The quantitative estimate of drug-likeness (QED) is 0.281. The van der Waals surface area contributed by atoms with Crippen LogP contribution >= 0.6 is 0 Å². The van der Waals surface area contributed by atoms with E-state index in [0.717, 1.165) is 16.7 Å². The van der Waals surface area contributed by atoms with Crippen LogP contribution in [0, 0.1) is 0 Å². The Morgan fingerprint density at radius 3 is 1.00 bits per heavy atom. The molecule has 0 amide bonds. The summed E-state index contributed by atoms with van der Waals surface area (Å²) in [6.45, 7) is 10.0. The number of Topliss-reactive ketones (excluding diaryl/α,β-unsaturated/α-hetero) is 3. The van der Waals surface area contributed by atoms with E-state index in [1.54, 1.807) is 54.6 Å². The third-order valence-electron chi connectivity index (χ3n) is 6.45. The van der Waals surface area contributed by atoms with Gasteiger partial charge in [-0.15, -0.1) is 0 Å². The lowest BCUT2D eigenvalue weighted by molar-refractivity contribution is 0.0487. The first kappa shape index (κ1) is 31.0. The normalized spacial score (nSPS) is 12.4. The number of nitrogens with zero attached hydrogens (tertiary/aromatic N) is 1. The largest absolute Gasteiger partial charge is 0.382 e. The summed E-state index contributed by atoms with van der Waals surface area (Å²) < 4.78 is 0. The monoisotopic (exact) mass is 545 g/mol. The van der Waals surface area contributed by atoms with Gasteiger partial charge in [-0.2, -0.15) is 0 Å². The maximum absolute atomic E-state index is 12.7. The third kappa shape index (κ3) is 8.26. The molecule has 0 bridgehead atoms. The summed E-state index contributed by atoms with van der Waals surface area (Å²) in [7, 11) is 0. The molecule has 0 saturated carbocycles. The summed E-state index contributed by atoms with van der Waals surface area (Å²) in [5.74, 6) is -1.13. The van der Waals surface area contributed by atoms with Gasteiger partial charge < -0.3 is 15.3 Å². The second kappa shape index (κ2) is 11.9. The molecule has 7 heteroatoms. The van der Waals surface area contributed by atoms with Crippen LogP contribution in [0.2, 0.25) is 0 Å². The summed E-state index contributed by atoms with van der Waals surface area (Å²) in [4.78, 5) is 40.2. The topological polar surface area (TPSA) is 115 Å². The molecule has 0 atom stereocenters. The molecule has 0 fully saturated rings. The van der Waals surface area contributed by atoms with Gasteiger partial charge in [-0.25, -0.2) is 0 Å². The van der Waals surface area contributed by atoms with Crippen molar-refractivity contribution in [1.82, 2.24) is 4.90 Å². The van der Waals surface area contributed by atoms with Crippen molar-refractivity contribution in [3.8, 4) is 0 Å². The first-order valence-corrected chi connectivity index (χ1v) is 13.3. The Hall–Kier alpha value is -3.49. The van der Waals surface area contributed by atoms with E-state index >= 15 is 0 Å². The number of rotatable bonds is 12. The van der Waals surface area contributed by atoms with Gasteiger partial charge in [0.2, 0.25) is 0 Å². The molecule has 3 aromatic carbocycles. The minimum absolute atomic E-state index is 0.378. The number of benzene rings is 3. The minimum Gasteiger partial charge on any atom is -0.382 e. The van der Waals surface area contributed by atoms with Gasteiger partial charge in [-0.1, -0.05) is 54.6 Å². The third-order valence-corrected chi connectivity index (χ3v) is 6.45. The van der Waals surface area contributed by atoms with Gasteiger partial charge in [-0.3, -0.25) is 19.3 Å². The van der Waals surface area contributed by atoms with Gasteiger partial charge in [-0.05, 0) is 76.4 Å². The summed E-state index contributed by atoms with van der Waals surface area (Å²) in [6.07, 6.45) is 0. The smallest absolute Gasteiger partial charge is 0.193 e. The van der Waals surface area contributed by atoms with E-state index in [9.17, 15) is 29.7 Å². The van der Waals surface area contributed by atoms with Crippen molar-refractivity contribution in [2.45, 2.75) is 78.0 Å². The van der Waals surface area contributed by atoms with Gasteiger partial charge in [0.05, 0.1) is 0 Å². The molecule has 7 nitrogen and oxygen atoms in total. The van der Waals surface area contributed by atoms with Gasteiger partial charge in [0.1, 0.15) is 16.8 Å². The molecular weight excluding hydrogens is 506 g/mol. The molecule has 3 aromatic rings. The highest BCUT2D eigenvalue weighted by atomic mass is 16.3. The van der Waals surface area contributed by atoms with Crippen molar-refractivity contribution in [2.75, 3.05) is 0 Å². The number of carbonyl (C=O) groups excluding carboxylic acids is 3. The van der Waals surface area contributed by atoms with Crippen LogP contribution < -0.4 is 0 Å². The van der Waals surface area contributed by atoms with Crippen LogP contribution in [0.3, 0.4) is 0 Å². The Bertz CT molecular complexity index is 1220. The molecule has 0 aromatic heterocycles. The zero-order valence-electron chi connectivity index (χ0n) is 24.1. The highest BCUT2D eigenvalue weighted by molar-refractivity contribution is 6.03. The SMILES string of the molecule is CC(C)(O)C(=O)c1cccc(CN(Cc2cccc(C(=O)C(C)(C)O)c2)Cc2cccc(C(=O)C(C)(C)O)c2)c1. The Morgan fingerprint density at radius 1 is 0.525 bits per heavy atom. The van der Waals surface area contributed by atoms with Crippen molar-refractivity contribution >= 4 is 17.3 Å². The molecule has 212 valence electrons. The number of hydrogen-bond acceptors (Lipinski definition) is 7. The van der Waals surface area contributed by atoms with Crippen LogP contribution in [0.1, 0.15) is 89.3 Å². The van der Waals surface area contributed by atoms with E-state index in [-0.39, 0.29) is 17.3 Å². The first-order valence-electron chi connectivity index (χ1n) is 13.3. The van der Waals surface area contributed by atoms with Crippen molar-refractivity contribution in [3.05, 3.63) is 106 Å². The molecule has 0 saturated heterocycles. The molecular formula is C33H39NO6. The number of ketones is 3. The summed E-state index contributed by atoms with van der Waals surface area (Å²) >= 11 is 0. The molecule has 3 rings (SSSR count). The van der Waals surface area contributed by atoms with Crippen LogP contribution in [0.25, 0.3) is 0 Å². The predicted octanol–water partition coefficient (Wildman–Crippen LogP) is 4.75. The number of carbonyl (C=O) groups is 3. The van der Waals surface area contributed by atoms with Crippen LogP contribution in [-0.4, -0.2) is 54.4 Å². The summed E-state index contributed by atoms with van der Waals surface area (Å²) in [5.41, 5.74) is -0.744. The molecule has 0 aliphatic rings. The van der Waals surface area contributed by atoms with Crippen molar-refractivity contribution in [1.29, 1.82) is 0 Å². The molecule has 0 unspecified atom stereocenters. The molecule has 0 aliphatic heterocycles. The highest BCUT2D eigenvalue weighted by Gasteiger charge is 2.27. The Labute approximate surface area is 236 Å². The van der Waals surface area contributed by atoms with Crippen LogP contribution in [0.5, 0.6) is 0 Å². The molecule has 3 N–H and O–H groups in total. The Morgan fingerprint density at radius 2 is 0.775 bits per heavy atom. The average molecular weight is 546 g/mol. The first-order chi connectivity index (χ1) is 18.4. The molecule has 0 radical (unpaired) electrons. The minimum atomic E-state index is -1.50. The van der Waals surface area contributed by atoms with E-state index in [0.29, 0.717) is 36.3 Å². The molecule has 0 spiro atoms. The fraction of sp³-hybridized carbons (Fsp3) is 0.364. The van der Waals surface area contributed by atoms with Crippen LogP contribution in [-0.2, 0) is 19.6 Å². The van der Waals surface area contributed by atoms with Crippen molar-refractivity contribution < 1.29 is 29.7 Å². The molecule has 0 aliphatic carbocycles. The number of aliphatic hydroxyl groups is 3. The Kier molecular flexibility index (Phi) is 9.27. The van der Waals surface area contributed by atoms with Crippen LogP contribution in [0.15, 0.2) is 72.8 Å². The van der Waals surface area contributed by atoms with Gasteiger partial charge in [0.15, 0.2) is 17.3 Å². The summed E-state index contributed by atoms with van der Waals surface area (Å²) in [5, 5.41) is 30.6. The van der Waals surface area contributed by atoms with E-state index < -0.39 is 16.8 Å².